The number of fused-ring (bicyclic) bond motifs is 1. The molecule has 0 unspecified atom stereocenters. The summed E-state index contributed by atoms with van der Waals surface area (Å²) in [5.41, 5.74) is 1.37. The normalized spacial score (nSPS) is 22.8. The number of hydrogen-bond acceptors (Lipinski definition) is 5. The summed E-state index contributed by atoms with van der Waals surface area (Å²) in [4.78, 5) is 16.3. The summed E-state index contributed by atoms with van der Waals surface area (Å²) < 4.78 is 5.52. The first-order chi connectivity index (χ1) is 11.6. The molecule has 1 amide bonds. The van der Waals surface area contributed by atoms with E-state index in [4.69, 9.17) is 9.84 Å². The van der Waals surface area contributed by atoms with Crippen LogP contribution in [0.1, 0.15) is 5.56 Å². The monoisotopic (exact) mass is 330 g/mol. The van der Waals surface area contributed by atoms with Crippen molar-refractivity contribution < 1.29 is 19.7 Å². The van der Waals surface area contributed by atoms with E-state index in [1.54, 1.807) is 17.1 Å². The molecule has 2 heterocycles. The van der Waals surface area contributed by atoms with Crippen LogP contribution in [-0.2, 0) is 4.79 Å². The Labute approximate surface area is 141 Å². The van der Waals surface area contributed by atoms with Crippen molar-refractivity contribution in [1.82, 2.24) is 9.80 Å². The highest BCUT2D eigenvalue weighted by Crippen LogP contribution is 2.26. The van der Waals surface area contributed by atoms with Crippen molar-refractivity contribution in [3.63, 3.8) is 0 Å². The van der Waals surface area contributed by atoms with E-state index >= 15 is 0 Å². The van der Waals surface area contributed by atoms with Gasteiger partial charge in [0.25, 0.3) is 5.91 Å². The van der Waals surface area contributed by atoms with Crippen LogP contribution in [0.15, 0.2) is 42.2 Å². The van der Waals surface area contributed by atoms with Crippen LogP contribution in [0.2, 0.25) is 0 Å². The number of amides is 1. The average molecular weight is 330 g/mol. The summed E-state index contributed by atoms with van der Waals surface area (Å²) in [5, 5.41) is 19.3. The molecule has 1 aromatic carbocycles. The van der Waals surface area contributed by atoms with Gasteiger partial charge in [0.2, 0.25) is 0 Å². The molecule has 0 bridgehead atoms. The summed E-state index contributed by atoms with van der Waals surface area (Å²) >= 11 is 0. The molecule has 2 aliphatic rings. The third-order valence-corrected chi connectivity index (χ3v) is 4.48. The van der Waals surface area contributed by atoms with Crippen LogP contribution in [0.5, 0.6) is 5.75 Å². The molecule has 0 saturated carbocycles. The maximum atomic E-state index is 12.8. The Morgan fingerprint density at radius 3 is 2.96 bits per heavy atom. The van der Waals surface area contributed by atoms with Crippen LogP contribution >= 0.6 is 0 Å². The molecular formula is C18H22N2O4. The first kappa shape index (κ1) is 16.7. The van der Waals surface area contributed by atoms with Gasteiger partial charge in [-0.1, -0.05) is 18.2 Å². The van der Waals surface area contributed by atoms with E-state index in [1.165, 1.54) is 6.26 Å². The molecule has 0 radical (unpaired) electrons. The van der Waals surface area contributed by atoms with Crippen LogP contribution in [0, 0.1) is 0 Å². The van der Waals surface area contributed by atoms with Gasteiger partial charge in [0.05, 0.1) is 25.0 Å². The summed E-state index contributed by atoms with van der Waals surface area (Å²) in [7, 11) is 1.84. The summed E-state index contributed by atoms with van der Waals surface area (Å²) in [6.45, 7) is 1.21. The quantitative estimate of drug-likeness (QED) is 0.840. The number of hydrogen-bond donors (Lipinski definition) is 2. The summed E-state index contributed by atoms with van der Waals surface area (Å²) in [6, 6.07) is 7.35. The number of para-hydroxylation sites is 1. The standard InChI is InChI=1S/C18H22N2O4/c1-19(7-8-21)15-11-20(12-16(15)22)18(23)14-6-9-24-17-5-3-2-4-13(17)10-14/h2-6,9-10,15-16,21-22H,7-8,11-12H2,1H3/t15-,16-/m0/s1. The van der Waals surface area contributed by atoms with Gasteiger partial charge < -0.3 is 19.8 Å². The van der Waals surface area contributed by atoms with Crippen molar-refractivity contribution in [2.45, 2.75) is 12.1 Å². The maximum absolute atomic E-state index is 12.8. The van der Waals surface area contributed by atoms with Gasteiger partial charge in [0.15, 0.2) is 0 Å². The zero-order valence-corrected chi connectivity index (χ0v) is 13.6. The second-order valence-electron chi connectivity index (χ2n) is 6.11. The lowest BCUT2D eigenvalue weighted by molar-refractivity contribution is -0.126. The molecule has 128 valence electrons. The zero-order valence-electron chi connectivity index (χ0n) is 13.6. The molecule has 2 atom stereocenters. The molecule has 6 nitrogen and oxygen atoms in total. The number of aliphatic hydroxyl groups excluding tert-OH is 2. The van der Waals surface area contributed by atoms with Gasteiger partial charge in [0, 0.05) is 30.8 Å². The Bertz CT molecular complexity index is 671. The fourth-order valence-corrected chi connectivity index (χ4v) is 3.11. The van der Waals surface area contributed by atoms with Gasteiger partial charge in [-0.15, -0.1) is 0 Å². The lowest BCUT2D eigenvalue weighted by Gasteiger charge is -2.25. The van der Waals surface area contributed by atoms with Crippen molar-refractivity contribution in [2.24, 2.45) is 0 Å². The van der Waals surface area contributed by atoms with Crippen LogP contribution in [0.25, 0.3) is 6.08 Å². The Morgan fingerprint density at radius 1 is 1.38 bits per heavy atom. The van der Waals surface area contributed by atoms with Crippen molar-refractivity contribution in [3.05, 3.63) is 47.7 Å². The minimum atomic E-state index is -0.621. The van der Waals surface area contributed by atoms with E-state index in [1.807, 2.05) is 36.2 Å². The van der Waals surface area contributed by atoms with Crippen molar-refractivity contribution in [3.8, 4) is 5.75 Å². The number of nitrogens with zero attached hydrogens (tertiary/aromatic N) is 2. The molecule has 1 fully saturated rings. The second-order valence-corrected chi connectivity index (χ2v) is 6.11. The number of ether oxygens (including phenoxy) is 1. The lowest BCUT2D eigenvalue weighted by Crippen LogP contribution is -2.42. The number of likely N-dealkylation sites (tertiary alicyclic amines) is 1. The van der Waals surface area contributed by atoms with E-state index in [-0.39, 0.29) is 25.1 Å². The number of benzene rings is 1. The maximum Gasteiger partial charge on any atom is 0.254 e. The number of β-amino-alcohol motifs (C(OH)–C–C–N with tert-alkyl or cyclic N) is 1. The number of carbonyl (C=O) groups is 1. The van der Waals surface area contributed by atoms with Crippen LogP contribution in [0.3, 0.4) is 0 Å². The van der Waals surface area contributed by atoms with Gasteiger partial charge in [-0.3, -0.25) is 9.69 Å². The molecule has 0 aromatic heterocycles. The average Bonchev–Trinajstić information content (AvgIpc) is 2.83. The molecule has 0 aliphatic carbocycles. The fourth-order valence-electron chi connectivity index (χ4n) is 3.11. The molecule has 1 saturated heterocycles. The van der Waals surface area contributed by atoms with Crippen molar-refractivity contribution in [1.29, 1.82) is 0 Å². The highest BCUT2D eigenvalue weighted by molar-refractivity contribution is 6.01. The SMILES string of the molecule is CN(CCO)[C@H]1CN(C(=O)C2=Cc3ccccc3OC=C2)C[C@@H]1O. The highest BCUT2D eigenvalue weighted by atomic mass is 16.5. The molecule has 2 aliphatic heterocycles. The minimum Gasteiger partial charge on any atom is -0.464 e. The molecule has 1 aromatic rings. The van der Waals surface area contributed by atoms with Gasteiger partial charge in [0.1, 0.15) is 5.75 Å². The van der Waals surface area contributed by atoms with E-state index < -0.39 is 6.10 Å². The number of likely N-dealkylation sites (N-methyl/N-ethyl adjacent to an activating group) is 1. The third-order valence-electron chi connectivity index (χ3n) is 4.48. The Morgan fingerprint density at radius 2 is 2.17 bits per heavy atom. The molecule has 0 spiro atoms. The van der Waals surface area contributed by atoms with Crippen molar-refractivity contribution in [2.75, 3.05) is 33.3 Å². The Balaban J connectivity index is 1.76. The Kier molecular flexibility index (Phi) is 4.99. The molecule has 6 heteroatoms. The zero-order chi connectivity index (χ0) is 17.1. The van der Waals surface area contributed by atoms with E-state index in [0.29, 0.717) is 24.4 Å². The highest BCUT2D eigenvalue weighted by Gasteiger charge is 2.36. The third kappa shape index (κ3) is 3.36. The molecule has 3 rings (SSSR count). The minimum absolute atomic E-state index is 0.0235. The van der Waals surface area contributed by atoms with Gasteiger partial charge >= 0.3 is 0 Å². The van der Waals surface area contributed by atoms with Crippen molar-refractivity contribution >= 4 is 12.0 Å². The van der Waals surface area contributed by atoms with E-state index in [0.717, 1.165) is 5.56 Å². The first-order valence-electron chi connectivity index (χ1n) is 8.02. The summed E-state index contributed by atoms with van der Waals surface area (Å²) in [5.74, 6) is 0.573. The van der Waals surface area contributed by atoms with Gasteiger partial charge in [-0.2, -0.15) is 0 Å². The fraction of sp³-hybridized carbons (Fsp3) is 0.389. The molecule has 24 heavy (non-hydrogen) atoms. The topological polar surface area (TPSA) is 73.2 Å². The second kappa shape index (κ2) is 7.17. The lowest BCUT2D eigenvalue weighted by atomic mass is 10.1. The number of rotatable bonds is 4. The van der Waals surface area contributed by atoms with Gasteiger partial charge in [-0.05, 0) is 25.3 Å². The number of aliphatic hydroxyl groups is 2. The first-order valence-corrected chi connectivity index (χ1v) is 8.02. The van der Waals surface area contributed by atoms with Crippen LogP contribution < -0.4 is 4.74 Å². The van der Waals surface area contributed by atoms with E-state index in [9.17, 15) is 9.90 Å². The largest absolute Gasteiger partial charge is 0.464 e. The molecule has 2 N–H and O–H groups in total. The number of carbonyl (C=O) groups excluding carboxylic acids is 1. The predicted molar refractivity (Wildman–Crippen MR) is 90.3 cm³/mol. The predicted octanol–water partition coefficient (Wildman–Crippen LogP) is 0.472. The molecular weight excluding hydrogens is 308 g/mol. The smallest absolute Gasteiger partial charge is 0.254 e. The van der Waals surface area contributed by atoms with E-state index in [2.05, 4.69) is 0 Å². The summed E-state index contributed by atoms with van der Waals surface area (Å²) in [6.07, 6.45) is 4.35. The Hall–Kier alpha value is -2.15. The van der Waals surface area contributed by atoms with Crippen LogP contribution in [0.4, 0.5) is 0 Å². The van der Waals surface area contributed by atoms with Crippen LogP contribution in [-0.4, -0.2) is 71.4 Å². The van der Waals surface area contributed by atoms with Gasteiger partial charge in [-0.25, -0.2) is 0 Å².